The maximum atomic E-state index is 5.60. The summed E-state index contributed by atoms with van der Waals surface area (Å²) in [5.74, 6) is 3.83. The summed E-state index contributed by atoms with van der Waals surface area (Å²) >= 11 is 0. The second-order valence-electron chi connectivity index (χ2n) is 5.99. The third-order valence-electron chi connectivity index (χ3n) is 5.16. The number of rotatable bonds is 2. The van der Waals surface area contributed by atoms with Crippen molar-refractivity contribution in [3.8, 4) is 0 Å². The lowest BCUT2D eigenvalue weighted by Gasteiger charge is -2.39. The molecule has 1 aliphatic carbocycles. The minimum atomic E-state index is 0.882. The Hall–Kier alpha value is -0.0800. The number of hydrogen-bond acceptors (Lipinski definition) is 2. The fourth-order valence-electron chi connectivity index (χ4n) is 4.28. The molecule has 0 radical (unpaired) electrons. The van der Waals surface area contributed by atoms with Crippen LogP contribution in [0, 0.1) is 23.7 Å². The highest BCUT2D eigenvalue weighted by atomic mass is 16.5. The van der Waals surface area contributed by atoms with E-state index in [0.717, 1.165) is 36.9 Å². The summed E-state index contributed by atoms with van der Waals surface area (Å²) in [6, 6.07) is 0. The Bertz CT molecular complexity index is 195. The van der Waals surface area contributed by atoms with Crippen LogP contribution in [0.5, 0.6) is 0 Å². The first-order valence-corrected chi connectivity index (χ1v) is 7.23. The van der Waals surface area contributed by atoms with Gasteiger partial charge in [0.15, 0.2) is 0 Å². The van der Waals surface area contributed by atoms with Gasteiger partial charge in [0.1, 0.15) is 0 Å². The lowest BCUT2D eigenvalue weighted by molar-refractivity contribution is 0.102. The molecule has 0 bridgehead atoms. The predicted octanol–water partition coefficient (Wildman–Crippen LogP) is 2.44. The van der Waals surface area contributed by atoms with Crippen molar-refractivity contribution in [3.63, 3.8) is 0 Å². The third-order valence-corrected chi connectivity index (χ3v) is 5.16. The molecule has 0 amide bonds. The van der Waals surface area contributed by atoms with E-state index in [1.807, 2.05) is 0 Å². The van der Waals surface area contributed by atoms with Crippen molar-refractivity contribution in [1.29, 1.82) is 0 Å². The van der Waals surface area contributed by atoms with Gasteiger partial charge in [-0.1, -0.05) is 25.7 Å². The monoisotopic (exact) mass is 223 g/mol. The molecule has 3 unspecified atom stereocenters. The molecule has 3 aliphatic rings. The van der Waals surface area contributed by atoms with E-state index in [0.29, 0.717) is 0 Å². The van der Waals surface area contributed by atoms with Crippen molar-refractivity contribution < 1.29 is 4.74 Å². The Morgan fingerprint density at radius 3 is 2.50 bits per heavy atom. The fourth-order valence-corrected chi connectivity index (χ4v) is 4.28. The van der Waals surface area contributed by atoms with Crippen LogP contribution < -0.4 is 5.32 Å². The summed E-state index contributed by atoms with van der Waals surface area (Å²) in [4.78, 5) is 0. The van der Waals surface area contributed by atoms with Crippen LogP contribution in [-0.2, 0) is 4.74 Å². The Morgan fingerprint density at radius 2 is 1.75 bits per heavy atom. The standard InChI is InChI=1S/C14H25NO/c1-2-4-11(3-1)14-9-15-7-5-13(14)12-6-8-16-10-12/h11-15H,1-10H2. The van der Waals surface area contributed by atoms with Gasteiger partial charge in [-0.3, -0.25) is 0 Å². The summed E-state index contributed by atoms with van der Waals surface area (Å²) in [6.07, 6.45) is 8.68. The highest BCUT2D eigenvalue weighted by Crippen LogP contribution is 2.42. The molecule has 2 nitrogen and oxygen atoms in total. The molecule has 0 aromatic heterocycles. The van der Waals surface area contributed by atoms with E-state index in [-0.39, 0.29) is 0 Å². The highest BCUT2D eigenvalue weighted by Gasteiger charge is 2.38. The van der Waals surface area contributed by atoms with E-state index in [4.69, 9.17) is 4.74 Å². The first-order valence-electron chi connectivity index (χ1n) is 7.23. The van der Waals surface area contributed by atoms with Gasteiger partial charge in [0.25, 0.3) is 0 Å². The molecule has 1 saturated carbocycles. The Kier molecular flexibility index (Phi) is 3.49. The largest absolute Gasteiger partial charge is 0.381 e. The van der Waals surface area contributed by atoms with Gasteiger partial charge in [-0.25, -0.2) is 0 Å². The van der Waals surface area contributed by atoms with Gasteiger partial charge in [0.05, 0.1) is 0 Å². The molecular formula is C14H25NO. The molecule has 1 N–H and O–H groups in total. The minimum absolute atomic E-state index is 0.882. The van der Waals surface area contributed by atoms with E-state index < -0.39 is 0 Å². The summed E-state index contributed by atoms with van der Waals surface area (Å²) < 4.78 is 5.60. The maximum Gasteiger partial charge on any atom is 0.0497 e. The van der Waals surface area contributed by atoms with E-state index in [1.54, 1.807) is 0 Å². The fraction of sp³-hybridized carbons (Fsp3) is 1.00. The van der Waals surface area contributed by atoms with Gasteiger partial charge in [-0.05, 0) is 49.6 Å². The second-order valence-corrected chi connectivity index (χ2v) is 5.99. The topological polar surface area (TPSA) is 21.3 Å². The van der Waals surface area contributed by atoms with Gasteiger partial charge in [0.2, 0.25) is 0 Å². The van der Waals surface area contributed by atoms with Crippen LogP contribution in [0.15, 0.2) is 0 Å². The van der Waals surface area contributed by atoms with E-state index >= 15 is 0 Å². The lowest BCUT2D eigenvalue weighted by Crippen LogP contribution is -2.43. The summed E-state index contributed by atoms with van der Waals surface area (Å²) in [7, 11) is 0. The first kappa shape index (κ1) is 11.0. The highest BCUT2D eigenvalue weighted by molar-refractivity contribution is 4.89. The van der Waals surface area contributed by atoms with Gasteiger partial charge in [0, 0.05) is 13.2 Å². The van der Waals surface area contributed by atoms with Crippen molar-refractivity contribution in [2.75, 3.05) is 26.3 Å². The zero-order valence-corrected chi connectivity index (χ0v) is 10.3. The molecular weight excluding hydrogens is 198 g/mol. The molecule has 2 aliphatic heterocycles. The molecule has 0 spiro atoms. The molecule has 92 valence electrons. The average Bonchev–Trinajstić information content (AvgIpc) is 3.03. The van der Waals surface area contributed by atoms with Crippen LogP contribution in [0.4, 0.5) is 0 Å². The average molecular weight is 223 g/mol. The normalized spacial score (nSPS) is 41.6. The SMILES string of the molecule is C1CCC(C2CNCCC2C2CCOC2)C1. The van der Waals surface area contributed by atoms with Gasteiger partial charge < -0.3 is 10.1 Å². The predicted molar refractivity (Wildman–Crippen MR) is 65.4 cm³/mol. The molecule has 3 fully saturated rings. The first-order chi connectivity index (χ1) is 7.95. The second kappa shape index (κ2) is 5.05. The third kappa shape index (κ3) is 2.14. The molecule has 3 atom stereocenters. The Balaban J connectivity index is 1.67. The summed E-state index contributed by atoms with van der Waals surface area (Å²) in [5, 5.41) is 3.62. The maximum absolute atomic E-state index is 5.60. The Morgan fingerprint density at radius 1 is 0.875 bits per heavy atom. The van der Waals surface area contributed by atoms with E-state index in [1.165, 1.54) is 51.6 Å². The number of ether oxygens (including phenoxy) is 1. The van der Waals surface area contributed by atoms with E-state index in [2.05, 4.69) is 5.32 Å². The minimum Gasteiger partial charge on any atom is -0.381 e. The number of piperidine rings is 1. The van der Waals surface area contributed by atoms with Crippen molar-refractivity contribution in [2.24, 2.45) is 23.7 Å². The molecule has 0 aromatic carbocycles. The molecule has 2 saturated heterocycles. The smallest absolute Gasteiger partial charge is 0.0497 e. The van der Waals surface area contributed by atoms with Gasteiger partial charge in [-0.15, -0.1) is 0 Å². The lowest BCUT2D eigenvalue weighted by atomic mass is 9.71. The van der Waals surface area contributed by atoms with Crippen LogP contribution in [0.3, 0.4) is 0 Å². The van der Waals surface area contributed by atoms with Gasteiger partial charge in [-0.2, -0.15) is 0 Å². The number of nitrogens with one attached hydrogen (secondary N) is 1. The zero-order chi connectivity index (χ0) is 10.8. The zero-order valence-electron chi connectivity index (χ0n) is 10.3. The van der Waals surface area contributed by atoms with Crippen molar-refractivity contribution >= 4 is 0 Å². The van der Waals surface area contributed by atoms with Gasteiger partial charge >= 0.3 is 0 Å². The van der Waals surface area contributed by atoms with E-state index in [9.17, 15) is 0 Å². The van der Waals surface area contributed by atoms with Crippen LogP contribution in [0.1, 0.15) is 38.5 Å². The Labute approximate surface area is 99.1 Å². The summed E-state index contributed by atoms with van der Waals surface area (Å²) in [6.45, 7) is 4.59. The number of hydrogen-bond donors (Lipinski definition) is 1. The molecule has 3 rings (SSSR count). The molecule has 16 heavy (non-hydrogen) atoms. The van der Waals surface area contributed by atoms with Crippen LogP contribution in [0.25, 0.3) is 0 Å². The molecule has 2 heterocycles. The molecule has 0 aromatic rings. The summed E-state index contributed by atoms with van der Waals surface area (Å²) in [5.41, 5.74) is 0. The van der Waals surface area contributed by atoms with Crippen molar-refractivity contribution in [1.82, 2.24) is 5.32 Å². The van der Waals surface area contributed by atoms with Crippen LogP contribution >= 0.6 is 0 Å². The molecule has 2 heteroatoms. The van der Waals surface area contributed by atoms with Crippen molar-refractivity contribution in [3.05, 3.63) is 0 Å². The quantitative estimate of drug-likeness (QED) is 0.776. The van der Waals surface area contributed by atoms with Crippen LogP contribution in [-0.4, -0.2) is 26.3 Å². The van der Waals surface area contributed by atoms with Crippen molar-refractivity contribution in [2.45, 2.75) is 38.5 Å². The van der Waals surface area contributed by atoms with Crippen LogP contribution in [0.2, 0.25) is 0 Å².